The van der Waals surface area contributed by atoms with Gasteiger partial charge in [-0.1, -0.05) is 20.3 Å². The molecule has 3 rings (SSSR count). The van der Waals surface area contributed by atoms with Crippen molar-refractivity contribution in [3.63, 3.8) is 0 Å². The van der Waals surface area contributed by atoms with Crippen LogP contribution in [0, 0.1) is 5.92 Å². The summed E-state index contributed by atoms with van der Waals surface area (Å²) in [6.07, 6.45) is -0.0615. The van der Waals surface area contributed by atoms with Crippen LogP contribution >= 0.6 is 0 Å². The largest absolute Gasteiger partial charge is 0.497 e. The topological polar surface area (TPSA) is 104 Å². The molecule has 0 saturated heterocycles. The smallest absolute Gasteiger partial charge is 0.408 e. The van der Waals surface area contributed by atoms with E-state index >= 15 is 0 Å². The number of carbonyl (C=O) groups is 2. The highest BCUT2D eigenvalue weighted by Gasteiger charge is 2.30. The van der Waals surface area contributed by atoms with Gasteiger partial charge in [0.25, 0.3) is 0 Å². The molecule has 0 aliphatic carbocycles. The van der Waals surface area contributed by atoms with Gasteiger partial charge in [0.2, 0.25) is 0 Å². The van der Waals surface area contributed by atoms with Crippen molar-refractivity contribution in [2.45, 2.75) is 52.7 Å². The van der Waals surface area contributed by atoms with Crippen LogP contribution in [0.4, 0.5) is 4.79 Å². The zero-order chi connectivity index (χ0) is 24.3. The molecular weight excluding hydrogens is 426 g/mol. The van der Waals surface area contributed by atoms with Crippen molar-refractivity contribution >= 4 is 33.8 Å². The maximum Gasteiger partial charge on any atom is 0.408 e. The van der Waals surface area contributed by atoms with Gasteiger partial charge in [-0.05, 0) is 57.0 Å². The fourth-order valence-electron chi connectivity index (χ4n) is 3.37. The number of methoxy groups -OCH3 is 1. The Morgan fingerprint density at radius 2 is 1.70 bits per heavy atom. The third kappa shape index (κ3) is 5.63. The van der Waals surface area contributed by atoms with E-state index in [1.807, 2.05) is 13.8 Å². The Morgan fingerprint density at radius 3 is 2.33 bits per heavy atom. The number of benzene rings is 2. The molecule has 0 unspecified atom stereocenters. The Morgan fingerprint density at radius 1 is 1.03 bits per heavy atom. The highest BCUT2D eigenvalue weighted by molar-refractivity contribution is 6.05. The Balaban J connectivity index is 1.88. The van der Waals surface area contributed by atoms with Gasteiger partial charge >= 0.3 is 17.7 Å². The minimum atomic E-state index is -0.906. The summed E-state index contributed by atoms with van der Waals surface area (Å²) in [5.41, 5.74) is -0.941. The van der Waals surface area contributed by atoms with Crippen molar-refractivity contribution in [2.75, 3.05) is 7.11 Å². The molecule has 2 atom stereocenters. The van der Waals surface area contributed by atoms with E-state index < -0.39 is 29.3 Å². The van der Waals surface area contributed by atoms with Crippen LogP contribution in [0.1, 0.15) is 41.0 Å². The molecule has 0 radical (unpaired) electrons. The van der Waals surface area contributed by atoms with E-state index in [9.17, 15) is 14.4 Å². The summed E-state index contributed by atoms with van der Waals surface area (Å²) in [6.45, 7) is 8.97. The van der Waals surface area contributed by atoms with E-state index in [-0.39, 0.29) is 17.3 Å². The molecule has 1 N–H and O–H groups in total. The monoisotopic (exact) mass is 455 g/mol. The van der Waals surface area contributed by atoms with Gasteiger partial charge in [-0.15, -0.1) is 0 Å². The summed E-state index contributed by atoms with van der Waals surface area (Å²) in [5, 5.41) is 4.39. The first-order chi connectivity index (χ1) is 15.5. The first-order valence-electron chi connectivity index (χ1n) is 10.8. The summed E-state index contributed by atoms with van der Waals surface area (Å²) in [4.78, 5) is 37.6. The predicted octanol–water partition coefficient (Wildman–Crippen LogP) is 4.80. The second kappa shape index (κ2) is 9.52. The highest BCUT2D eigenvalue weighted by Crippen LogP contribution is 2.29. The summed E-state index contributed by atoms with van der Waals surface area (Å²) in [5.74, 6) is -0.0826. The van der Waals surface area contributed by atoms with E-state index in [2.05, 4.69) is 5.32 Å². The number of rotatable bonds is 6. The Hall–Kier alpha value is -3.55. The second-order valence-electron chi connectivity index (χ2n) is 8.89. The number of nitrogens with one attached hydrogen (secondary N) is 1. The van der Waals surface area contributed by atoms with Gasteiger partial charge in [0.05, 0.1) is 12.5 Å². The van der Waals surface area contributed by atoms with Gasteiger partial charge in [-0.25, -0.2) is 14.4 Å². The van der Waals surface area contributed by atoms with Crippen molar-refractivity contribution in [3.05, 3.63) is 46.8 Å². The average Bonchev–Trinajstić information content (AvgIpc) is 2.75. The Bertz CT molecular complexity index is 1240. The Kier molecular flexibility index (Phi) is 6.95. The summed E-state index contributed by atoms with van der Waals surface area (Å²) in [6, 6.07) is 9.07. The molecule has 0 aliphatic rings. The van der Waals surface area contributed by atoms with Crippen molar-refractivity contribution in [2.24, 2.45) is 5.92 Å². The molecule has 176 valence electrons. The van der Waals surface area contributed by atoms with Crippen LogP contribution in [-0.4, -0.2) is 30.8 Å². The molecule has 1 aromatic heterocycles. The van der Waals surface area contributed by atoms with Gasteiger partial charge in [-0.3, -0.25) is 0 Å². The number of ether oxygens (including phenoxy) is 3. The lowest BCUT2D eigenvalue weighted by Crippen LogP contribution is -2.48. The van der Waals surface area contributed by atoms with Crippen molar-refractivity contribution < 1.29 is 28.2 Å². The molecule has 33 heavy (non-hydrogen) atoms. The third-order valence-corrected chi connectivity index (χ3v) is 5.25. The predicted molar refractivity (Wildman–Crippen MR) is 125 cm³/mol. The zero-order valence-electron chi connectivity index (χ0n) is 19.7. The van der Waals surface area contributed by atoms with E-state index in [1.54, 1.807) is 51.1 Å². The van der Waals surface area contributed by atoms with Gasteiger partial charge < -0.3 is 23.9 Å². The van der Waals surface area contributed by atoms with Crippen LogP contribution in [0.5, 0.6) is 11.5 Å². The number of fused-ring (bicyclic) bond motifs is 3. The SMILES string of the molecule is CC[C@@H](C)[C@H](NC(=O)OC(C)(C)C)C(=O)Oc1ccc2c(c1)oc(=O)c1cc(OC)ccc12. The number of hydrogen-bond donors (Lipinski definition) is 1. The lowest BCUT2D eigenvalue weighted by Gasteiger charge is -2.25. The van der Waals surface area contributed by atoms with Crippen molar-refractivity contribution in [3.8, 4) is 11.5 Å². The lowest BCUT2D eigenvalue weighted by molar-refractivity contribution is -0.138. The summed E-state index contributed by atoms with van der Waals surface area (Å²) >= 11 is 0. The van der Waals surface area contributed by atoms with Crippen molar-refractivity contribution in [1.82, 2.24) is 5.32 Å². The molecule has 0 aliphatic heterocycles. The average molecular weight is 456 g/mol. The Labute approximate surface area is 191 Å². The van der Waals surface area contributed by atoms with Gasteiger partial charge in [-0.2, -0.15) is 0 Å². The maximum absolute atomic E-state index is 12.9. The summed E-state index contributed by atoms with van der Waals surface area (Å²) in [7, 11) is 1.52. The minimum Gasteiger partial charge on any atom is -0.497 e. The molecule has 0 saturated carbocycles. The van der Waals surface area contributed by atoms with E-state index in [1.165, 1.54) is 13.2 Å². The van der Waals surface area contributed by atoms with Gasteiger partial charge in [0.15, 0.2) is 0 Å². The van der Waals surface area contributed by atoms with Crippen LogP contribution in [0.3, 0.4) is 0 Å². The number of hydrogen-bond acceptors (Lipinski definition) is 7. The van der Waals surface area contributed by atoms with Gasteiger partial charge in [0, 0.05) is 16.8 Å². The molecule has 0 bridgehead atoms. The highest BCUT2D eigenvalue weighted by atomic mass is 16.6. The van der Waals surface area contributed by atoms with Crippen LogP contribution < -0.4 is 20.4 Å². The van der Waals surface area contributed by atoms with Crippen LogP contribution in [-0.2, 0) is 9.53 Å². The summed E-state index contributed by atoms with van der Waals surface area (Å²) < 4.78 is 21.4. The molecule has 8 heteroatoms. The fourth-order valence-corrected chi connectivity index (χ4v) is 3.37. The van der Waals surface area contributed by atoms with Crippen molar-refractivity contribution in [1.29, 1.82) is 0 Å². The maximum atomic E-state index is 12.9. The molecule has 0 fully saturated rings. The quantitative estimate of drug-likeness (QED) is 0.246. The molecule has 0 spiro atoms. The molecule has 3 aromatic rings. The second-order valence-corrected chi connectivity index (χ2v) is 8.89. The van der Waals surface area contributed by atoms with Crippen LogP contribution in [0.2, 0.25) is 0 Å². The zero-order valence-corrected chi connectivity index (χ0v) is 19.7. The first kappa shape index (κ1) is 24.1. The van der Waals surface area contributed by atoms with Crippen LogP contribution in [0.15, 0.2) is 45.6 Å². The number of alkyl carbamates (subject to hydrolysis) is 1. The minimum absolute atomic E-state index is 0.192. The van der Waals surface area contributed by atoms with E-state index in [0.29, 0.717) is 28.3 Å². The molecular formula is C25H29NO7. The first-order valence-corrected chi connectivity index (χ1v) is 10.8. The number of esters is 1. The molecule has 1 amide bonds. The fraction of sp³-hybridized carbons (Fsp3) is 0.400. The van der Waals surface area contributed by atoms with Gasteiger partial charge in [0.1, 0.15) is 28.7 Å². The number of carbonyl (C=O) groups excluding carboxylic acids is 2. The molecule has 2 aromatic carbocycles. The van der Waals surface area contributed by atoms with Crippen LogP contribution in [0.25, 0.3) is 21.7 Å². The normalized spacial score (nSPS) is 13.4. The molecule has 1 heterocycles. The third-order valence-electron chi connectivity index (χ3n) is 5.25. The van der Waals surface area contributed by atoms with E-state index in [0.717, 1.165) is 0 Å². The van der Waals surface area contributed by atoms with E-state index in [4.69, 9.17) is 18.6 Å². The molecule has 8 nitrogen and oxygen atoms in total. The standard InChI is InChI=1S/C25H29NO7/c1-7-14(2)21(26-24(29)33-25(3,4)5)23(28)31-16-9-11-18-17-10-8-15(30-6)12-19(17)22(27)32-20(18)13-16/h8-14,21H,7H2,1-6H3,(H,26,29)/t14-,21+/m1/s1. The number of amides is 1. The lowest BCUT2D eigenvalue weighted by atomic mass is 9.99.